The van der Waals surface area contributed by atoms with Crippen molar-refractivity contribution < 1.29 is 14.2 Å². The van der Waals surface area contributed by atoms with Crippen molar-refractivity contribution in [3.63, 3.8) is 0 Å². The highest BCUT2D eigenvalue weighted by Gasteiger charge is 2.12. The van der Waals surface area contributed by atoms with Crippen molar-refractivity contribution in [2.75, 3.05) is 5.32 Å². The lowest BCUT2D eigenvalue weighted by Crippen LogP contribution is -2.40. The van der Waals surface area contributed by atoms with Gasteiger partial charge < -0.3 is 11.1 Å². The number of nitrogens with one attached hydrogen (secondary N) is 1. The topological polar surface area (TPSA) is 76.1 Å². The van der Waals surface area contributed by atoms with E-state index in [-0.39, 0.29) is 12.5 Å². The molecule has 2 amide bonds. The van der Waals surface area contributed by atoms with Crippen LogP contribution in [-0.2, 0) is 11.3 Å². The van der Waals surface area contributed by atoms with Crippen LogP contribution in [0.2, 0.25) is 5.02 Å². The lowest BCUT2D eigenvalue weighted by Gasteiger charge is -2.05. The normalized spacial score (nSPS) is 10.2. The van der Waals surface area contributed by atoms with Gasteiger partial charge in [0.05, 0.1) is 0 Å². The summed E-state index contributed by atoms with van der Waals surface area (Å²) in [6, 6.07) is 8.56. The van der Waals surface area contributed by atoms with Crippen LogP contribution in [0.25, 0.3) is 0 Å². The van der Waals surface area contributed by atoms with Crippen molar-refractivity contribution in [1.82, 2.24) is 0 Å². The van der Waals surface area contributed by atoms with Gasteiger partial charge in [-0.2, -0.15) is 4.57 Å². The van der Waals surface area contributed by atoms with E-state index in [2.05, 4.69) is 5.32 Å². The van der Waals surface area contributed by atoms with Crippen molar-refractivity contribution >= 4 is 29.1 Å². The van der Waals surface area contributed by atoms with Crippen LogP contribution in [0.3, 0.4) is 0 Å². The van der Waals surface area contributed by atoms with Crippen molar-refractivity contribution in [1.29, 1.82) is 0 Å². The number of primary amides is 1. The Balaban J connectivity index is 2.06. The van der Waals surface area contributed by atoms with Gasteiger partial charge in [0.25, 0.3) is 11.8 Å². The molecule has 1 aromatic heterocycles. The number of carbonyl (C=O) groups is 2. The van der Waals surface area contributed by atoms with Crippen molar-refractivity contribution in [3.05, 3.63) is 58.9 Å². The maximum atomic E-state index is 12.0. The SMILES string of the molecule is Cc1ccc(NC(=O)C[n+]2cccc(C(N)=O)c2)cc1Cl. The van der Waals surface area contributed by atoms with Gasteiger partial charge in [-0.25, -0.2) is 0 Å². The molecule has 0 aliphatic carbocycles. The molecule has 2 rings (SSSR count). The van der Waals surface area contributed by atoms with Crippen LogP contribution in [-0.4, -0.2) is 11.8 Å². The summed E-state index contributed by atoms with van der Waals surface area (Å²) in [5.41, 5.74) is 7.12. The maximum Gasteiger partial charge on any atom is 0.290 e. The Kier molecular flexibility index (Phi) is 4.55. The number of hydrogen-bond donors (Lipinski definition) is 2. The molecule has 0 saturated carbocycles. The molecule has 21 heavy (non-hydrogen) atoms. The molecule has 108 valence electrons. The molecule has 5 nitrogen and oxygen atoms in total. The number of aryl methyl sites for hydroxylation is 1. The van der Waals surface area contributed by atoms with Crippen molar-refractivity contribution in [2.24, 2.45) is 5.73 Å². The van der Waals surface area contributed by atoms with Gasteiger partial charge in [-0.05, 0) is 30.7 Å². The quantitative estimate of drug-likeness (QED) is 0.843. The highest BCUT2D eigenvalue weighted by atomic mass is 35.5. The Morgan fingerprint density at radius 3 is 2.76 bits per heavy atom. The van der Waals surface area contributed by atoms with E-state index in [0.717, 1.165) is 5.56 Å². The molecule has 3 N–H and O–H groups in total. The summed E-state index contributed by atoms with van der Waals surface area (Å²) < 4.78 is 1.59. The molecule has 1 aromatic carbocycles. The smallest absolute Gasteiger partial charge is 0.290 e. The zero-order valence-corrected chi connectivity index (χ0v) is 12.2. The van der Waals surface area contributed by atoms with E-state index in [1.165, 1.54) is 6.20 Å². The third kappa shape index (κ3) is 4.03. The van der Waals surface area contributed by atoms with Gasteiger partial charge in [0.1, 0.15) is 5.56 Å². The van der Waals surface area contributed by atoms with Crippen LogP contribution in [0.5, 0.6) is 0 Å². The third-order valence-electron chi connectivity index (χ3n) is 2.92. The lowest BCUT2D eigenvalue weighted by atomic mass is 10.2. The number of halogens is 1. The number of nitrogens with two attached hydrogens (primary N) is 1. The first-order valence-electron chi connectivity index (χ1n) is 6.30. The fourth-order valence-corrected chi connectivity index (χ4v) is 1.98. The van der Waals surface area contributed by atoms with Gasteiger partial charge in [0.2, 0.25) is 6.54 Å². The monoisotopic (exact) mass is 304 g/mol. The van der Waals surface area contributed by atoms with Crippen LogP contribution in [0, 0.1) is 6.92 Å². The molecule has 0 fully saturated rings. The summed E-state index contributed by atoms with van der Waals surface area (Å²) in [4.78, 5) is 23.1. The minimum atomic E-state index is -0.532. The van der Waals surface area contributed by atoms with Gasteiger partial charge in [-0.1, -0.05) is 17.7 Å². The first-order chi connectivity index (χ1) is 9.95. The van der Waals surface area contributed by atoms with Crippen LogP contribution in [0.4, 0.5) is 5.69 Å². The Morgan fingerprint density at radius 1 is 1.33 bits per heavy atom. The second-order valence-electron chi connectivity index (χ2n) is 4.64. The second kappa shape index (κ2) is 6.37. The summed E-state index contributed by atoms with van der Waals surface area (Å²) in [7, 11) is 0. The summed E-state index contributed by atoms with van der Waals surface area (Å²) in [6.07, 6.45) is 3.22. The Bertz CT molecular complexity index is 701. The van der Waals surface area contributed by atoms with Crippen LogP contribution in [0.1, 0.15) is 15.9 Å². The predicted octanol–water partition coefficient (Wildman–Crippen LogP) is 1.67. The minimum absolute atomic E-state index is 0.0760. The summed E-state index contributed by atoms with van der Waals surface area (Å²) in [5, 5.41) is 3.34. The van der Waals surface area contributed by atoms with Crippen LogP contribution < -0.4 is 15.6 Å². The number of benzene rings is 1. The average Bonchev–Trinajstić information content (AvgIpc) is 2.43. The number of nitrogens with zero attached hydrogens (tertiary/aromatic N) is 1. The second-order valence-corrected chi connectivity index (χ2v) is 5.05. The van der Waals surface area contributed by atoms with Crippen LogP contribution >= 0.6 is 11.6 Å². The fourth-order valence-electron chi connectivity index (χ4n) is 1.80. The first-order valence-corrected chi connectivity index (χ1v) is 6.68. The Labute approximate surface area is 127 Å². The molecule has 0 spiro atoms. The van der Waals surface area contributed by atoms with E-state index in [1.54, 1.807) is 35.0 Å². The first kappa shape index (κ1) is 15.0. The molecule has 1 heterocycles. The molecule has 0 atom stereocenters. The molecular formula is C15H15ClN3O2+. The zero-order chi connectivity index (χ0) is 15.4. The van der Waals surface area contributed by atoms with Gasteiger partial charge in [-0.3, -0.25) is 9.59 Å². The van der Waals surface area contributed by atoms with Gasteiger partial charge >= 0.3 is 0 Å². The number of anilines is 1. The van der Waals surface area contributed by atoms with Crippen molar-refractivity contribution in [3.8, 4) is 0 Å². The van der Waals surface area contributed by atoms with E-state index in [1.807, 2.05) is 13.0 Å². The van der Waals surface area contributed by atoms with E-state index in [4.69, 9.17) is 17.3 Å². The molecule has 0 saturated heterocycles. The molecule has 6 heteroatoms. The number of pyridine rings is 1. The van der Waals surface area contributed by atoms with E-state index in [9.17, 15) is 9.59 Å². The molecule has 0 unspecified atom stereocenters. The highest BCUT2D eigenvalue weighted by molar-refractivity contribution is 6.31. The van der Waals surface area contributed by atoms with E-state index in [0.29, 0.717) is 16.3 Å². The Morgan fingerprint density at radius 2 is 2.10 bits per heavy atom. The maximum absolute atomic E-state index is 12.0. The van der Waals surface area contributed by atoms with Gasteiger partial charge in [0, 0.05) is 16.8 Å². The van der Waals surface area contributed by atoms with Crippen molar-refractivity contribution in [2.45, 2.75) is 13.5 Å². The van der Waals surface area contributed by atoms with E-state index < -0.39 is 5.91 Å². The number of hydrogen-bond acceptors (Lipinski definition) is 2. The third-order valence-corrected chi connectivity index (χ3v) is 3.33. The van der Waals surface area contributed by atoms with E-state index >= 15 is 0 Å². The lowest BCUT2D eigenvalue weighted by molar-refractivity contribution is -0.684. The minimum Gasteiger partial charge on any atom is -0.365 e. The number of amides is 2. The standard InChI is InChI=1S/C15H14ClN3O2/c1-10-4-5-12(7-13(10)16)18-14(20)9-19-6-2-3-11(8-19)15(17)21/h2-8H,9H2,1H3,(H2-,17,18,20,21)/p+1. The fraction of sp³-hybridized carbons (Fsp3) is 0.133. The number of rotatable bonds is 4. The van der Waals surface area contributed by atoms with Gasteiger partial charge in [0.15, 0.2) is 12.4 Å². The highest BCUT2D eigenvalue weighted by Crippen LogP contribution is 2.19. The predicted molar refractivity (Wildman–Crippen MR) is 80.0 cm³/mol. The average molecular weight is 305 g/mol. The van der Waals surface area contributed by atoms with Crippen LogP contribution in [0.15, 0.2) is 42.7 Å². The summed E-state index contributed by atoms with van der Waals surface area (Å²) in [5.74, 6) is -0.753. The molecule has 0 aliphatic heterocycles. The van der Waals surface area contributed by atoms with Gasteiger partial charge in [-0.15, -0.1) is 0 Å². The largest absolute Gasteiger partial charge is 0.365 e. The molecular weight excluding hydrogens is 290 g/mol. The molecule has 0 radical (unpaired) electrons. The summed E-state index contributed by atoms with van der Waals surface area (Å²) >= 11 is 6.01. The molecule has 0 aliphatic rings. The summed E-state index contributed by atoms with van der Waals surface area (Å²) in [6.45, 7) is 1.96. The Hall–Kier alpha value is -2.40. The zero-order valence-electron chi connectivity index (χ0n) is 11.5. The number of carbonyl (C=O) groups excluding carboxylic acids is 2. The molecule has 0 bridgehead atoms. The number of aromatic nitrogens is 1. The molecule has 2 aromatic rings.